The average molecular weight is 1080 g/mol. The van der Waals surface area contributed by atoms with E-state index in [0.717, 1.165) is 41.2 Å². The van der Waals surface area contributed by atoms with E-state index in [1.165, 1.54) is 18.2 Å². The number of amides is 9. The van der Waals surface area contributed by atoms with Gasteiger partial charge in [0.2, 0.25) is 23.6 Å². The summed E-state index contributed by atoms with van der Waals surface area (Å²) in [4.78, 5) is 117. The molecule has 70 heavy (non-hydrogen) atoms. The number of carbonyl (C=O) groups excluding carboxylic acids is 9. The number of rotatable bonds is 17. The van der Waals surface area contributed by atoms with Gasteiger partial charge in [-0.1, -0.05) is 12.8 Å². The Balaban J connectivity index is 0.000000261. The van der Waals surface area contributed by atoms with Crippen molar-refractivity contribution in [1.82, 2.24) is 25.9 Å². The van der Waals surface area contributed by atoms with Gasteiger partial charge in [0.1, 0.15) is 17.9 Å². The molecule has 8 N–H and O–H groups in total. The van der Waals surface area contributed by atoms with Crippen LogP contribution in [0.3, 0.4) is 0 Å². The van der Waals surface area contributed by atoms with Crippen LogP contribution >= 0.6 is 22.6 Å². The molecule has 4 aliphatic heterocycles. The second-order valence-electron chi connectivity index (χ2n) is 16.3. The molecular formula is C47H45F3IN9O10. The van der Waals surface area contributed by atoms with E-state index in [0.29, 0.717) is 41.0 Å². The Morgan fingerprint density at radius 2 is 1.20 bits per heavy atom. The quantitative estimate of drug-likeness (QED) is 0.0329. The molecule has 19 nitrogen and oxygen atoms in total. The fraction of sp³-hybridized carbons (Fsp3) is 0.298. The smallest absolute Gasteiger partial charge is 0.277 e. The first kappa shape index (κ1) is 50.6. The van der Waals surface area contributed by atoms with Crippen LogP contribution < -0.4 is 37.8 Å². The zero-order valence-corrected chi connectivity index (χ0v) is 39.2. The van der Waals surface area contributed by atoms with Gasteiger partial charge in [0.25, 0.3) is 29.5 Å². The van der Waals surface area contributed by atoms with Crippen molar-refractivity contribution >= 4 is 98.5 Å². The Kier molecular flexibility index (Phi) is 16.2. The first-order chi connectivity index (χ1) is 33.6. The van der Waals surface area contributed by atoms with E-state index in [1.54, 1.807) is 36.4 Å². The molecule has 9 amide bonds. The SMILES string of the molecule is NCCNc1ccc2c(c1)C(=O)N(C1CCC(=O)NC1=O)C2=O.O=C1CCC(N2C(=O)c3ccc(NCCCCCCONC(=O)c4ccc(F)c(F)c4Nc4ccc(I)cc4F)cc3C2=O)C(=O)N1. The second kappa shape index (κ2) is 22.5. The van der Waals surface area contributed by atoms with Gasteiger partial charge in [-0.25, -0.2) is 18.7 Å². The minimum Gasteiger partial charge on any atom is -0.385 e. The summed E-state index contributed by atoms with van der Waals surface area (Å²) in [6.07, 6.45) is 3.28. The van der Waals surface area contributed by atoms with Crippen LogP contribution in [0.4, 0.5) is 35.9 Å². The summed E-state index contributed by atoms with van der Waals surface area (Å²) in [5.74, 6) is -8.35. The molecule has 4 heterocycles. The molecule has 2 fully saturated rings. The van der Waals surface area contributed by atoms with Crippen LogP contribution in [-0.4, -0.2) is 101 Å². The number of nitrogens with zero attached hydrogens (tertiary/aromatic N) is 2. The lowest BCUT2D eigenvalue weighted by Gasteiger charge is -2.27. The maximum Gasteiger partial charge on any atom is 0.277 e. The van der Waals surface area contributed by atoms with Crippen LogP contribution in [-0.2, 0) is 24.0 Å². The minimum atomic E-state index is -1.33. The van der Waals surface area contributed by atoms with Gasteiger partial charge in [0.15, 0.2) is 11.6 Å². The van der Waals surface area contributed by atoms with Crippen LogP contribution in [0.2, 0.25) is 0 Å². The van der Waals surface area contributed by atoms with Crippen molar-refractivity contribution in [2.45, 2.75) is 63.5 Å². The Morgan fingerprint density at radius 1 is 0.657 bits per heavy atom. The fourth-order valence-electron chi connectivity index (χ4n) is 8.02. The molecule has 0 radical (unpaired) electrons. The number of hydrogen-bond acceptors (Lipinski definition) is 14. The zero-order chi connectivity index (χ0) is 50.2. The number of nitrogens with two attached hydrogens (primary N) is 1. The normalized spacial score (nSPS) is 17.4. The molecule has 0 saturated carbocycles. The molecule has 2 atom stereocenters. The van der Waals surface area contributed by atoms with Gasteiger partial charge in [-0.05, 0) is 115 Å². The number of halogens is 4. The first-order valence-corrected chi connectivity index (χ1v) is 23.2. The third kappa shape index (κ3) is 11.3. The van der Waals surface area contributed by atoms with E-state index in [4.69, 9.17) is 10.6 Å². The number of fused-ring (bicyclic) bond motifs is 2. The van der Waals surface area contributed by atoms with Crippen molar-refractivity contribution in [2.24, 2.45) is 5.73 Å². The van der Waals surface area contributed by atoms with Crippen LogP contribution in [0, 0.1) is 21.0 Å². The highest BCUT2D eigenvalue weighted by molar-refractivity contribution is 14.1. The molecule has 4 aliphatic rings. The molecule has 366 valence electrons. The van der Waals surface area contributed by atoms with Gasteiger partial charge in [0.05, 0.1) is 45.8 Å². The number of hydroxylamine groups is 1. The standard InChI is InChI=1S/C32H29F3IN5O6.C15H16N4O4/c33-22-9-8-20(28(27(22)35)38-24-10-5-17(36)15-23(24)34)29(43)40-47-14-4-2-1-3-13-37-18-6-7-19-21(16-18)32(46)41(31(19)45)25-11-12-26(42)39-30(25)44;16-5-6-17-8-1-2-9-10(7-8)15(23)19(14(9)22)11-3-4-12(20)18-13(11)21/h5-10,15-16,25,37-38H,1-4,11-14H2,(H,40,43)(H,39,42,44);1-2,7,11,17H,3-6,16H2,(H,18,20,21). The molecule has 2 saturated heterocycles. The van der Waals surface area contributed by atoms with E-state index in [-0.39, 0.29) is 65.8 Å². The lowest BCUT2D eigenvalue weighted by Crippen LogP contribution is -2.54. The average Bonchev–Trinajstić information content (AvgIpc) is 3.72. The summed E-state index contributed by atoms with van der Waals surface area (Å²) >= 11 is 1.91. The number of piperidine rings is 2. The summed E-state index contributed by atoms with van der Waals surface area (Å²) in [6.45, 7) is 1.70. The highest BCUT2D eigenvalue weighted by Crippen LogP contribution is 2.32. The minimum absolute atomic E-state index is 0.0468. The number of nitrogens with one attached hydrogen (secondary N) is 6. The molecule has 23 heteroatoms. The van der Waals surface area contributed by atoms with Crippen molar-refractivity contribution in [1.29, 1.82) is 0 Å². The van der Waals surface area contributed by atoms with Gasteiger partial charge >= 0.3 is 0 Å². The fourth-order valence-corrected chi connectivity index (χ4v) is 8.48. The molecule has 0 aromatic heterocycles. The highest BCUT2D eigenvalue weighted by atomic mass is 127. The van der Waals surface area contributed by atoms with Crippen molar-refractivity contribution in [3.8, 4) is 0 Å². The predicted octanol–water partition coefficient (Wildman–Crippen LogP) is 4.65. The molecule has 2 unspecified atom stereocenters. The van der Waals surface area contributed by atoms with E-state index >= 15 is 0 Å². The lowest BCUT2D eigenvalue weighted by molar-refractivity contribution is -0.137. The third-order valence-corrected chi connectivity index (χ3v) is 12.2. The van der Waals surface area contributed by atoms with Crippen molar-refractivity contribution in [2.75, 3.05) is 42.2 Å². The molecule has 0 bridgehead atoms. The van der Waals surface area contributed by atoms with Crippen LogP contribution in [0.25, 0.3) is 0 Å². The Hall–Kier alpha value is -7.25. The number of imide groups is 4. The highest BCUT2D eigenvalue weighted by Gasteiger charge is 2.46. The molecule has 8 rings (SSSR count). The molecule has 0 aliphatic carbocycles. The third-order valence-electron chi connectivity index (χ3n) is 11.6. The van der Waals surface area contributed by atoms with Crippen LogP contribution in [0.15, 0.2) is 66.7 Å². The van der Waals surface area contributed by atoms with Gasteiger partial charge in [0, 0.05) is 47.4 Å². The van der Waals surface area contributed by atoms with Crippen molar-refractivity contribution < 1.29 is 61.2 Å². The van der Waals surface area contributed by atoms with E-state index in [1.807, 2.05) is 22.6 Å². The maximum atomic E-state index is 14.6. The Morgan fingerprint density at radius 3 is 1.74 bits per heavy atom. The lowest BCUT2D eigenvalue weighted by atomic mass is 10.0. The second-order valence-corrected chi connectivity index (χ2v) is 17.5. The number of carbonyl (C=O) groups is 9. The van der Waals surface area contributed by atoms with Gasteiger partial charge < -0.3 is 21.7 Å². The van der Waals surface area contributed by atoms with Crippen LogP contribution in [0.5, 0.6) is 0 Å². The summed E-state index contributed by atoms with van der Waals surface area (Å²) < 4.78 is 43.4. The predicted molar refractivity (Wildman–Crippen MR) is 253 cm³/mol. The summed E-state index contributed by atoms with van der Waals surface area (Å²) in [7, 11) is 0. The summed E-state index contributed by atoms with van der Waals surface area (Å²) in [6, 6.07) is 13.6. The van der Waals surface area contributed by atoms with Crippen LogP contribution in [0.1, 0.15) is 103 Å². The number of unbranched alkanes of at least 4 members (excludes halogenated alkanes) is 3. The molecule has 0 spiro atoms. The van der Waals surface area contributed by atoms with Gasteiger partial charge in [-0.15, -0.1) is 0 Å². The molecular weight excluding hydrogens is 1030 g/mol. The van der Waals surface area contributed by atoms with Gasteiger partial charge in [-0.2, -0.15) is 0 Å². The van der Waals surface area contributed by atoms with E-state index in [9.17, 15) is 56.3 Å². The first-order valence-electron chi connectivity index (χ1n) is 22.1. The number of hydrogen-bond donors (Lipinski definition) is 7. The van der Waals surface area contributed by atoms with Gasteiger partial charge in [-0.3, -0.25) is 68.4 Å². The Bertz CT molecular complexity index is 2810. The summed E-state index contributed by atoms with van der Waals surface area (Å²) in [5.41, 5.74) is 8.93. The molecule has 4 aromatic carbocycles. The topological polar surface area (TPSA) is 268 Å². The number of benzene rings is 4. The van der Waals surface area contributed by atoms with E-state index in [2.05, 4.69) is 32.1 Å². The van der Waals surface area contributed by atoms with E-state index < -0.39 is 88.4 Å². The van der Waals surface area contributed by atoms with Crippen molar-refractivity contribution in [3.05, 3.63) is 116 Å². The summed E-state index contributed by atoms with van der Waals surface area (Å²) in [5, 5.41) is 13.0. The maximum absolute atomic E-state index is 14.6. The monoisotopic (exact) mass is 1080 g/mol. The van der Waals surface area contributed by atoms with Crippen molar-refractivity contribution in [3.63, 3.8) is 0 Å². The largest absolute Gasteiger partial charge is 0.385 e. The zero-order valence-electron chi connectivity index (χ0n) is 37.1. The molecule has 4 aromatic rings. The Labute approximate surface area is 410 Å². The number of anilines is 4.